The number of ether oxygens (including phenoxy) is 2. The lowest BCUT2D eigenvalue weighted by Crippen LogP contribution is -2.43. The minimum atomic E-state index is -3.65. The maximum atomic E-state index is 13.1. The van der Waals surface area contributed by atoms with Crippen molar-refractivity contribution < 1.29 is 22.7 Å². The summed E-state index contributed by atoms with van der Waals surface area (Å²) in [5, 5.41) is 3.01. The van der Waals surface area contributed by atoms with Crippen LogP contribution in [0.4, 0.5) is 0 Å². The molecule has 2 aliphatic rings. The van der Waals surface area contributed by atoms with E-state index >= 15 is 0 Å². The summed E-state index contributed by atoms with van der Waals surface area (Å²) in [7, 11) is -3.65. The number of aryl methyl sites for hydroxylation is 1. The van der Waals surface area contributed by atoms with Crippen LogP contribution in [0.1, 0.15) is 19.3 Å². The average molecular weight is 485 g/mol. The second kappa shape index (κ2) is 9.63. The van der Waals surface area contributed by atoms with Gasteiger partial charge in [-0.2, -0.15) is 4.31 Å². The summed E-state index contributed by atoms with van der Waals surface area (Å²) < 4.78 is 40.7. The molecule has 1 aromatic heterocycles. The molecule has 3 heterocycles. The van der Waals surface area contributed by atoms with Gasteiger partial charge in [-0.3, -0.25) is 4.79 Å². The van der Waals surface area contributed by atoms with Crippen LogP contribution >= 0.6 is 0 Å². The molecule has 0 saturated carbocycles. The zero-order valence-electron chi connectivity index (χ0n) is 18.9. The average Bonchev–Trinajstić information content (AvgIpc) is 3.29. The van der Waals surface area contributed by atoms with Crippen LogP contribution in [0.2, 0.25) is 0 Å². The standard InChI is InChI=1S/C24H28N4O5S/c29-24(25-10-3-11-27-17-26-20-4-1-2-5-21(20)27)18-8-12-28(13-9-18)34(30,31)19-6-7-22-23(16-19)33-15-14-32-22/h1-2,4-7,16-18H,3,8-15H2,(H,25,29). The van der Waals surface area contributed by atoms with Gasteiger partial charge in [0.1, 0.15) is 13.2 Å². The number of nitrogens with one attached hydrogen (secondary N) is 1. The Morgan fingerprint density at radius 3 is 2.65 bits per heavy atom. The molecule has 0 unspecified atom stereocenters. The molecule has 0 radical (unpaired) electrons. The number of benzene rings is 2. The number of fused-ring (bicyclic) bond motifs is 2. The Bertz CT molecular complexity index is 1280. The van der Waals surface area contributed by atoms with Gasteiger partial charge in [-0.15, -0.1) is 0 Å². The third-order valence-electron chi connectivity index (χ3n) is 6.38. The highest BCUT2D eigenvalue weighted by Gasteiger charge is 2.32. The molecule has 3 aromatic rings. The fraction of sp³-hybridized carbons (Fsp3) is 0.417. The quantitative estimate of drug-likeness (QED) is 0.517. The number of para-hydroxylation sites is 2. The normalized spacial score (nSPS) is 17.1. The van der Waals surface area contributed by atoms with Gasteiger partial charge in [0.25, 0.3) is 0 Å². The van der Waals surface area contributed by atoms with Crippen molar-refractivity contribution in [3.8, 4) is 11.5 Å². The van der Waals surface area contributed by atoms with Gasteiger partial charge < -0.3 is 19.4 Å². The van der Waals surface area contributed by atoms with E-state index in [4.69, 9.17) is 9.47 Å². The maximum absolute atomic E-state index is 13.1. The van der Waals surface area contributed by atoms with Crippen molar-refractivity contribution in [2.24, 2.45) is 5.92 Å². The van der Waals surface area contributed by atoms with Gasteiger partial charge in [-0.05, 0) is 43.5 Å². The van der Waals surface area contributed by atoms with E-state index in [1.54, 1.807) is 12.1 Å². The number of carbonyl (C=O) groups excluding carboxylic acids is 1. The molecule has 10 heteroatoms. The first kappa shape index (κ1) is 22.7. The van der Waals surface area contributed by atoms with Gasteiger partial charge in [-0.25, -0.2) is 13.4 Å². The third-order valence-corrected chi connectivity index (χ3v) is 8.27. The summed E-state index contributed by atoms with van der Waals surface area (Å²) in [4.78, 5) is 17.2. The molecular formula is C24H28N4O5S. The molecule has 1 N–H and O–H groups in total. The molecular weight excluding hydrogens is 456 g/mol. The Morgan fingerprint density at radius 2 is 1.82 bits per heavy atom. The molecule has 9 nitrogen and oxygen atoms in total. The highest BCUT2D eigenvalue weighted by Crippen LogP contribution is 2.34. The monoisotopic (exact) mass is 484 g/mol. The maximum Gasteiger partial charge on any atom is 0.243 e. The summed E-state index contributed by atoms with van der Waals surface area (Å²) in [6.45, 7) is 2.82. The number of hydrogen-bond acceptors (Lipinski definition) is 6. The van der Waals surface area contributed by atoms with Crippen molar-refractivity contribution in [1.29, 1.82) is 0 Å². The summed E-state index contributed by atoms with van der Waals surface area (Å²) in [6, 6.07) is 12.7. The van der Waals surface area contributed by atoms with Crippen LogP contribution in [0.15, 0.2) is 53.7 Å². The van der Waals surface area contributed by atoms with E-state index in [2.05, 4.69) is 14.9 Å². The number of piperidine rings is 1. The van der Waals surface area contributed by atoms with Gasteiger partial charge in [0, 0.05) is 38.2 Å². The number of imidazole rings is 1. The van der Waals surface area contributed by atoms with E-state index in [1.165, 1.54) is 10.4 Å². The fourth-order valence-corrected chi connectivity index (χ4v) is 5.97. The summed E-state index contributed by atoms with van der Waals surface area (Å²) in [5.41, 5.74) is 2.05. The van der Waals surface area contributed by atoms with Crippen molar-refractivity contribution in [3.05, 3.63) is 48.8 Å². The number of carbonyl (C=O) groups is 1. The van der Waals surface area contributed by atoms with E-state index in [1.807, 2.05) is 30.6 Å². The van der Waals surface area contributed by atoms with E-state index < -0.39 is 10.0 Å². The van der Waals surface area contributed by atoms with E-state index in [0.717, 1.165) is 24.0 Å². The van der Waals surface area contributed by atoms with Crippen LogP contribution in [0, 0.1) is 5.92 Å². The Morgan fingerprint density at radius 1 is 1.06 bits per heavy atom. The van der Waals surface area contributed by atoms with Gasteiger partial charge in [-0.1, -0.05) is 12.1 Å². The van der Waals surface area contributed by atoms with Gasteiger partial charge in [0.05, 0.1) is 22.3 Å². The third kappa shape index (κ3) is 4.60. The number of sulfonamides is 1. The molecule has 1 saturated heterocycles. The lowest BCUT2D eigenvalue weighted by atomic mass is 9.97. The largest absolute Gasteiger partial charge is 0.486 e. The van der Waals surface area contributed by atoms with Crippen LogP contribution in [0.5, 0.6) is 11.5 Å². The predicted octanol–water partition coefficient (Wildman–Crippen LogP) is 2.41. The molecule has 1 amide bonds. The van der Waals surface area contributed by atoms with Crippen molar-refractivity contribution >= 4 is 27.0 Å². The SMILES string of the molecule is O=C(NCCCn1cnc2ccccc21)C1CCN(S(=O)(=O)c2ccc3c(c2)OCCO3)CC1. The molecule has 34 heavy (non-hydrogen) atoms. The van der Waals surface area contributed by atoms with Crippen LogP contribution in [0.25, 0.3) is 11.0 Å². The number of aromatic nitrogens is 2. The van der Waals surface area contributed by atoms with Gasteiger partial charge in [0.2, 0.25) is 15.9 Å². The smallest absolute Gasteiger partial charge is 0.243 e. The van der Waals surface area contributed by atoms with E-state index in [0.29, 0.717) is 57.2 Å². The highest BCUT2D eigenvalue weighted by atomic mass is 32.2. The number of rotatable bonds is 7. The topological polar surface area (TPSA) is 103 Å². The van der Waals surface area contributed by atoms with Crippen molar-refractivity contribution in [3.63, 3.8) is 0 Å². The first-order valence-corrected chi connectivity index (χ1v) is 13.0. The second-order valence-electron chi connectivity index (χ2n) is 8.56. The Hall–Kier alpha value is -3.11. The molecule has 1 fully saturated rings. The molecule has 0 bridgehead atoms. The summed E-state index contributed by atoms with van der Waals surface area (Å²) in [6.07, 6.45) is 3.62. The molecule has 180 valence electrons. The molecule has 0 atom stereocenters. The van der Waals surface area contributed by atoms with Gasteiger partial charge in [0.15, 0.2) is 11.5 Å². The van der Waals surface area contributed by atoms with E-state index in [9.17, 15) is 13.2 Å². The Labute approximate surface area is 198 Å². The molecule has 2 aromatic carbocycles. The Kier molecular flexibility index (Phi) is 6.42. The summed E-state index contributed by atoms with van der Waals surface area (Å²) in [5.74, 6) is 0.819. The lowest BCUT2D eigenvalue weighted by molar-refractivity contribution is -0.126. The summed E-state index contributed by atoms with van der Waals surface area (Å²) >= 11 is 0. The van der Waals surface area contributed by atoms with Crippen molar-refractivity contribution in [1.82, 2.24) is 19.2 Å². The first-order chi connectivity index (χ1) is 16.5. The minimum absolute atomic E-state index is 0.00753. The lowest BCUT2D eigenvalue weighted by Gasteiger charge is -2.31. The zero-order valence-corrected chi connectivity index (χ0v) is 19.7. The predicted molar refractivity (Wildman–Crippen MR) is 126 cm³/mol. The number of nitrogens with zero attached hydrogens (tertiary/aromatic N) is 3. The van der Waals surface area contributed by atoms with Crippen LogP contribution in [-0.4, -0.2) is 61.0 Å². The van der Waals surface area contributed by atoms with E-state index in [-0.39, 0.29) is 16.7 Å². The molecule has 0 aliphatic carbocycles. The van der Waals surface area contributed by atoms with Gasteiger partial charge >= 0.3 is 0 Å². The molecule has 0 spiro atoms. The molecule has 2 aliphatic heterocycles. The second-order valence-corrected chi connectivity index (χ2v) is 10.5. The van der Waals surface area contributed by atoms with Crippen LogP contribution in [0.3, 0.4) is 0 Å². The van der Waals surface area contributed by atoms with Crippen molar-refractivity contribution in [2.45, 2.75) is 30.7 Å². The Balaban J connectivity index is 1.10. The first-order valence-electron chi connectivity index (χ1n) is 11.6. The fourth-order valence-electron chi connectivity index (χ4n) is 4.49. The van der Waals surface area contributed by atoms with Crippen LogP contribution in [-0.2, 0) is 21.4 Å². The highest BCUT2D eigenvalue weighted by molar-refractivity contribution is 7.89. The van der Waals surface area contributed by atoms with Crippen LogP contribution < -0.4 is 14.8 Å². The zero-order chi connectivity index (χ0) is 23.5. The van der Waals surface area contributed by atoms with Crippen molar-refractivity contribution in [2.75, 3.05) is 32.8 Å². The molecule has 5 rings (SSSR count). The number of amides is 1. The number of hydrogen-bond donors (Lipinski definition) is 1. The minimum Gasteiger partial charge on any atom is -0.486 e.